The topological polar surface area (TPSA) is 8.29 Å². The predicted octanol–water partition coefficient (Wildman–Crippen LogP) is 7.95. The molecule has 6 aromatic rings. The van der Waals surface area contributed by atoms with E-state index in [0.29, 0.717) is 11.3 Å². The summed E-state index contributed by atoms with van der Waals surface area (Å²) < 4.78 is 19.1. The van der Waals surface area contributed by atoms with Crippen LogP contribution in [-0.4, -0.2) is 4.40 Å². The smallest absolute Gasteiger partial charge is 0.224 e. The third-order valence-electron chi connectivity index (χ3n) is 8.63. The fraction of sp³-hybridized carbons (Fsp3) is 0.323. The van der Waals surface area contributed by atoms with Gasteiger partial charge in [-0.25, -0.2) is 8.96 Å². The van der Waals surface area contributed by atoms with Crippen molar-refractivity contribution in [2.45, 2.75) is 52.4 Å². The third-order valence-corrected chi connectivity index (χ3v) is 8.63. The standard InChI is InChI=1S/C31H30FN2/c1-18-5-7-23-24-17-22(32)6-8-25(24)34-26-16-21(19-9-12-31(2,3)13-10-19)15-20-11-14-33(4)30(28(20)26)27(18)29(23)34/h5-8,11,14-17,19H,9-10,12-13H2,1-4H3/q+1. The average Bonchev–Trinajstić information content (AvgIpc) is 3.13. The summed E-state index contributed by atoms with van der Waals surface area (Å²) in [4.78, 5) is 0. The van der Waals surface area contributed by atoms with Crippen LogP contribution >= 0.6 is 0 Å². The molecular formula is C31H30FN2+. The molecule has 1 fully saturated rings. The van der Waals surface area contributed by atoms with Gasteiger partial charge in [0.1, 0.15) is 12.9 Å². The number of fused-ring (bicyclic) bond motifs is 5. The van der Waals surface area contributed by atoms with Gasteiger partial charge < -0.3 is 4.40 Å². The number of pyridine rings is 2. The Labute approximate surface area is 198 Å². The number of benzene rings is 3. The van der Waals surface area contributed by atoms with E-state index in [1.54, 1.807) is 12.1 Å². The maximum atomic E-state index is 14.4. The number of aromatic nitrogens is 2. The van der Waals surface area contributed by atoms with Crippen LogP contribution in [0.4, 0.5) is 4.39 Å². The van der Waals surface area contributed by atoms with Crippen molar-refractivity contribution in [1.82, 2.24) is 4.40 Å². The lowest BCUT2D eigenvalue weighted by atomic mass is 9.71. The number of rotatable bonds is 1. The number of nitrogens with zero attached hydrogens (tertiary/aromatic N) is 2. The zero-order valence-electron chi connectivity index (χ0n) is 20.4. The molecule has 1 aliphatic carbocycles. The third kappa shape index (κ3) is 2.64. The Kier molecular flexibility index (Phi) is 3.97. The number of hydrogen-bond donors (Lipinski definition) is 0. The van der Waals surface area contributed by atoms with Gasteiger partial charge in [-0.1, -0.05) is 32.0 Å². The van der Waals surface area contributed by atoms with E-state index in [1.165, 1.54) is 69.5 Å². The van der Waals surface area contributed by atoms with Gasteiger partial charge in [-0.3, -0.25) is 0 Å². The van der Waals surface area contributed by atoms with E-state index in [2.05, 4.69) is 73.3 Å². The van der Waals surface area contributed by atoms with E-state index in [1.807, 2.05) is 6.07 Å². The quantitative estimate of drug-likeness (QED) is 0.137. The molecular weight excluding hydrogens is 419 g/mol. The van der Waals surface area contributed by atoms with Gasteiger partial charge in [-0.2, -0.15) is 0 Å². The summed E-state index contributed by atoms with van der Waals surface area (Å²) in [5, 5.41) is 5.99. The van der Waals surface area contributed by atoms with Crippen LogP contribution in [0.2, 0.25) is 0 Å². The maximum Gasteiger partial charge on any atom is 0.224 e. The molecule has 2 nitrogen and oxygen atoms in total. The van der Waals surface area contributed by atoms with E-state index in [0.717, 1.165) is 16.3 Å². The first-order valence-electron chi connectivity index (χ1n) is 12.5. The van der Waals surface area contributed by atoms with Gasteiger partial charge in [0, 0.05) is 16.8 Å². The van der Waals surface area contributed by atoms with Crippen LogP contribution in [0.5, 0.6) is 0 Å². The van der Waals surface area contributed by atoms with Crippen molar-refractivity contribution in [2.24, 2.45) is 12.5 Å². The molecule has 0 aliphatic heterocycles. The van der Waals surface area contributed by atoms with Gasteiger partial charge in [0.2, 0.25) is 5.52 Å². The largest absolute Gasteiger partial charge is 0.307 e. The summed E-state index contributed by atoms with van der Waals surface area (Å²) in [5.74, 6) is 0.416. The second-order valence-electron chi connectivity index (χ2n) is 11.4. The molecule has 0 bridgehead atoms. The van der Waals surface area contributed by atoms with Crippen molar-refractivity contribution < 1.29 is 8.96 Å². The molecule has 0 N–H and O–H groups in total. The summed E-state index contributed by atoms with van der Waals surface area (Å²) in [6.45, 7) is 7.00. The number of halogens is 1. The van der Waals surface area contributed by atoms with Crippen LogP contribution in [0.3, 0.4) is 0 Å². The normalized spacial score (nSPS) is 17.2. The summed E-state index contributed by atoms with van der Waals surface area (Å²) >= 11 is 0. The Hall–Kier alpha value is -3.20. The van der Waals surface area contributed by atoms with Crippen LogP contribution in [-0.2, 0) is 7.05 Å². The van der Waals surface area contributed by atoms with Gasteiger partial charge in [0.15, 0.2) is 6.20 Å². The first-order chi connectivity index (χ1) is 16.3. The highest BCUT2D eigenvalue weighted by atomic mass is 19.1. The Morgan fingerprint density at radius 2 is 1.71 bits per heavy atom. The zero-order valence-corrected chi connectivity index (χ0v) is 20.4. The van der Waals surface area contributed by atoms with Gasteiger partial charge in [0.25, 0.3) is 0 Å². The first-order valence-corrected chi connectivity index (χ1v) is 12.5. The van der Waals surface area contributed by atoms with Crippen molar-refractivity contribution >= 4 is 49.0 Å². The zero-order chi connectivity index (χ0) is 23.4. The lowest BCUT2D eigenvalue weighted by molar-refractivity contribution is -0.643. The van der Waals surface area contributed by atoms with Gasteiger partial charge in [-0.15, -0.1) is 0 Å². The van der Waals surface area contributed by atoms with Gasteiger partial charge >= 0.3 is 0 Å². The molecule has 0 unspecified atom stereocenters. The second kappa shape index (κ2) is 6.69. The monoisotopic (exact) mass is 449 g/mol. The molecule has 3 aromatic heterocycles. The van der Waals surface area contributed by atoms with Gasteiger partial charge in [0.05, 0.1) is 27.3 Å². The highest BCUT2D eigenvalue weighted by Crippen LogP contribution is 2.45. The fourth-order valence-corrected chi connectivity index (χ4v) is 6.68. The molecule has 0 saturated heterocycles. The maximum absolute atomic E-state index is 14.4. The Morgan fingerprint density at radius 1 is 0.912 bits per heavy atom. The summed E-state index contributed by atoms with van der Waals surface area (Å²) in [6, 6.07) is 16.8. The van der Waals surface area contributed by atoms with Crippen LogP contribution < -0.4 is 4.57 Å². The summed E-state index contributed by atoms with van der Waals surface area (Å²) in [7, 11) is 2.14. The van der Waals surface area contributed by atoms with E-state index in [9.17, 15) is 4.39 Å². The summed E-state index contributed by atoms with van der Waals surface area (Å²) in [6.07, 6.45) is 7.24. The van der Waals surface area contributed by atoms with Crippen molar-refractivity contribution in [3.8, 4) is 0 Å². The fourth-order valence-electron chi connectivity index (χ4n) is 6.68. The number of aryl methyl sites for hydroxylation is 2. The van der Waals surface area contributed by atoms with Gasteiger partial charge in [-0.05, 0) is 84.7 Å². The molecule has 7 rings (SSSR count). The molecule has 170 valence electrons. The molecule has 0 spiro atoms. The predicted molar refractivity (Wildman–Crippen MR) is 139 cm³/mol. The minimum atomic E-state index is -0.181. The SMILES string of the molecule is Cc1ccc2c3cc(F)ccc3n3c4cc(C5CCC(C)(C)CC5)cc5cc[n+](C)c(c1c23)c54. The van der Waals surface area contributed by atoms with Crippen LogP contribution in [0, 0.1) is 18.2 Å². The molecule has 1 aliphatic rings. The van der Waals surface area contributed by atoms with Crippen molar-refractivity contribution in [1.29, 1.82) is 0 Å². The minimum Gasteiger partial charge on any atom is -0.307 e. The lowest BCUT2D eigenvalue weighted by Gasteiger charge is -2.34. The van der Waals surface area contributed by atoms with E-state index < -0.39 is 0 Å². The Morgan fingerprint density at radius 3 is 2.50 bits per heavy atom. The highest BCUT2D eigenvalue weighted by Gasteiger charge is 2.29. The second-order valence-corrected chi connectivity index (χ2v) is 11.4. The van der Waals surface area contributed by atoms with Crippen LogP contribution in [0.15, 0.2) is 54.7 Å². The van der Waals surface area contributed by atoms with Crippen molar-refractivity contribution in [3.63, 3.8) is 0 Å². The molecule has 0 amide bonds. The summed E-state index contributed by atoms with van der Waals surface area (Å²) in [5.41, 5.74) is 7.96. The van der Waals surface area contributed by atoms with Crippen molar-refractivity contribution in [3.05, 3.63) is 71.7 Å². The van der Waals surface area contributed by atoms with Crippen LogP contribution in [0.25, 0.3) is 49.0 Å². The Bertz CT molecular complexity index is 1760. The molecule has 34 heavy (non-hydrogen) atoms. The molecule has 3 heterocycles. The highest BCUT2D eigenvalue weighted by molar-refractivity contribution is 6.25. The molecule has 1 saturated carbocycles. The van der Waals surface area contributed by atoms with E-state index >= 15 is 0 Å². The average molecular weight is 450 g/mol. The van der Waals surface area contributed by atoms with Crippen molar-refractivity contribution in [2.75, 3.05) is 0 Å². The molecule has 3 heteroatoms. The molecule has 0 radical (unpaired) electrons. The molecule has 0 atom stereocenters. The lowest BCUT2D eigenvalue weighted by Crippen LogP contribution is -2.29. The number of hydrogen-bond acceptors (Lipinski definition) is 0. The minimum absolute atomic E-state index is 0.181. The molecule has 3 aromatic carbocycles. The Balaban J connectivity index is 1.68. The van der Waals surface area contributed by atoms with E-state index in [-0.39, 0.29) is 5.82 Å². The van der Waals surface area contributed by atoms with E-state index in [4.69, 9.17) is 0 Å². The van der Waals surface area contributed by atoms with Crippen LogP contribution in [0.1, 0.15) is 56.6 Å². The first kappa shape index (κ1) is 20.2.